The smallest absolute Gasteiger partial charge is 0.0574 e. The van der Waals surface area contributed by atoms with E-state index in [4.69, 9.17) is 5.73 Å². The van der Waals surface area contributed by atoms with Gasteiger partial charge in [-0.1, -0.05) is 13.0 Å². The van der Waals surface area contributed by atoms with E-state index in [1.807, 2.05) is 6.07 Å². The Morgan fingerprint density at radius 2 is 2.29 bits per heavy atom. The Morgan fingerprint density at radius 3 is 3.00 bits per heavy atom. The molecule has 17 heavy (non-hydrogen) atoms. The predicted octanol–water partition coefficient (Wildman–Crippen LogP) is 2.47. The molecule has 3 N–H and O–H groups in total. The molecule has 1 aliphatic rings. The van der Waals surface area contributed by atoms with Crippen molar-refractivity contribution >= 4 is 11.4 Å². The molecule has 1 aliphatic heterocycles. The largest absolute Gasteiger partial charge is 0.397 e. The number of likely N-dealkylation sites (N-methyl/N-ethyl adjacent to an activating group) is 1. The van der Waals surface area contributed by atoms with Crippen LogP contribution in [0.3, 0.4) is 0 Å². The first-order valence-corrected chi connectivity index (χ1v) is 6.54. The fourth-order valence-corrected chi connectivity index (χ4v) is 2.61. The fraction of sp³-hybridized carbons (Fsp3) is 0.571. The van der Waals surface area contributed by atoms with E-state index in [0.29, 0.717) is 6.04 Å². The molecule has 1 saturated heterocycles. The monoisotopic (exact) mass is 233 g/mol. The Balaban J connectivity index is 1.93. The second-order valence-corrected chi connectivity index (χ2v) is 4.90. The zero-order valence-corrected chi connectivity index (χ0v) is 10.9. The standard InChI is InChI=1S/C14H23N3/c1-3-17-8-4-5-12(17)10-16-14-7-6-11(2)9-13(14)15/h6-7,9,12,16H,3-5,8,10,15H2,1-2H3. The van der Waals surface area contributed by atoms with Crippen LogP contribution >= 0.6 is 0 Å². The maximum atomic E-state index is 6.00. The number of anilines is 2. The normalized spacial score (nSPS) is 20.7. The van der Waals surface area contributed by atoms with Crippen LogP contribution in [0.2, 0.25) is 0 Å². The first-order valence-electron chi connectivity index (χ1n) is 6.54. The predicted molar refractivity (Wildman–Crippen MR) is 74.4 cm³/mol. The maximum Gasteiger partial charge on any atom is 0.0574 e. The van der Waals surface area contributed by atoms with E-state index >= 15 is 0 Å². The van der Waals surface area contributed by atoms with Crippen molar-refractivity contribution in [2.75, 3.05) is 30.7 Å². The SMILES string of the molecule is CCN1CCCC1CNc1ccc(C)cc1N. The zero-order chi connectivity index (χ0) is 12.3. The number of rotatable bonds is 4. The minimum atomic E-state index is 0.667. The number of nitrogens with one attached hydrogen (secondary N) is 1. The Labute approximate surface area is 104 Å². The molecular formula is C14H23N3. The van der Waals surface area contributed by atoms with Crippen LogP contribution in [0.5, 0.6) is 0 Å². The van der Waals surface area contributed by atoms with Crippen molar-refractivity contribution in [3.63, 3.8) is 0 Å². The number of hydrogen-bond donors (Lipinski definition) is 2. The number of benzene rings is 1. The van der Waals surface area contributed by atoms with Gasteiger partial charge >= 0.3 is 0 Å². The van der Waals surface area contributed by atoms with E-state index < -0.39 is 0 Å². The lowest BCUT2D eigenvalue weighted by atomic mass is 10.1. The minimum Gasteiger partial charge on any atom is -0.397 e. The van der Waals surface area contributed by atoms with Crippen LogP contribution in [0, 0.1) is 6.92 Å². The number of likely N-dealkylation sites (tertiary alicyclic amines) is 1. The Bertz CT molecular complexity index is 376. The topological polar surface area (TPSA) is 41.3 Å². The van der Waals surface area contributed by atoms with Gasteiger partial charge in [0.1, 0.15) is 0 Å². The molecule has 0 radical (unpaired) electrons. The van der Waals surface area contributed by atoms with Gasteiger partial charge in [0.15, 0.2) is 0 Å². The molecule has 94 valence electrons. The summed E-state index contributed by atoms with van der Waals surface area (Å²) in [7, 11) is 0. The second kappa shape index (κ2) is 5.41. The van der Waals surface area contributed by atoms with E-state index in [1.165, 1.54) is 24.9 Å². The summed E-state index contributed by atoms with van der Waals surface area (Å²) in [6.07, 6.45) is 2.62. The van der Waals surface area contributed by atoms with Crippen molar-refractivity contribution < 1.29 is 0 Å². The van der Waals surface area contributed by atoms with E-state index in [9.17, 15) is 0 Å². The number of nitrogens with zero attached hydrogens (tertiary/aromatic N) is 1. The zero-order valence-electron chi connectivity index (χ0n) is 10.9. The number of nitrogens with two attached hydrogens (primary N) is 1. The summed E-state index contributed by atoms with van der Waals surface area (Å²) in [6.45, 7) is 7.69. The summed E-state index contributed by atoms with van der Waals surface area (Å²) in [5.41, 5.74) is 9.13. The van der Waals surface area contributed by atoms with Crippen LogP contribution < -0.4 is 11.1 Å². The second-order valence-electron chi connectivity index (χ2n) is 4.90. The van der Waals surface area contributed by atoms with Gasteiger partial charge < -0.3 is 11.1 Å². The van der Waals surface area contributed by atoms with Crippen molar-refractivity contribution in [2.45, 2.75) is 32.7 Å². The highest BCUT2D eigenvalue weighted by atomic mass is 15.2. The molecule has 3 nitrogen and oxygen atoms in total. The lowest BCUT2D eigenvalue weighted by Gasteiger charge is -2.23. The lowest BCUT2D eigenvalue weighted by Crippen LogP contribution is -2.34. The van der Waals surface area contributed by atoms with Crippen LogP contribution in [0.25, 0.3) is 0 Å². The molecule has 1 aromatic carbocycles. The Kier molecular flexibility index (Phi) is 3.89. The van der Waals surface area contributed by atoms with Crippen LogP contribution in [-0.4, -0.2) is 30.6 Å². The molecule has 1 unspecified atom stereocenters. The van der Waals surface area contributed by atoms with Crippen molar-refractivity contribution in [2.24, 2.45) is 0 Å². The third kappa shape index (κ3) is 2.91. The summed E-state index contributed by atoms with van der Waals surface area (Å²) < 4.78 is 0. The van der Waals surface area contributed by atoms with Gasteiger partial charge in [-0.25, -0.2) is 0 Å². The molecule has 1 heterocycles. The van der Waals surface area contributed by atoms with Crippen molar-refractivity contribution in [1.29, 1.82) is 0 Å². The van der Waals surface area contributed by atoms with Crippen molar-refractivity contribution in [1.82, 2.24) is 4.90 Å². The lowest BCUT2D eigenvalue weighted by molar-refractivity contribution is 0.277. The van der Waals surface area contributed by atoms with E-state index in [2.05, 4.69) is 36.2 Å². The van der Waals surface area contributed by atoms with E-state index in [1.54, 1.807) is 0 Å². The maximum absolute atomic E-state index is 6.00. The Morgan fingerprint density at radius 1 is 1.47 bits per heavy atom. The highest BCUT2D eigenvalue weighted by molar-refractivity contribution is 5.66. The average Bonchev–Trinajstić information content (AvgIpc) is 2.75. The highest BCUT2D eigenvalue weighted by Gasteiger charge is 2.22. The first kappa shape index (κ1) is 12.2. The molecule has 1 fully saturated rings. The van der Waals surface area contributed by atoms with Gasteiger partial charge in [-0.2, -0.15) is 0 Å². The molecule has 0 aromatic heterocycles. The fourth-order valence-electron chi connectivity index (χ4n) is 2.61. The Hall–Kier alpha value is -1.22. The molecule has 0 amide bonds. The van der Waals surface area contributed by atoms with Gasteiger partial charge in [0.2, 0.25) is 0 Å². The molecule has 0 spiro atoms. The van der Waals surface area contributed by atoms with E-state index in [0.717, 1.165) is 24.5 Å². The summed E-state index contributed by atoms with van der Waals surface area (Å²) in [5.74, 6) is 0. The van der Waals surface area contributed by atoms with Gasteiger partial charge in [0.25, 0.3) is 0 Å². The van der Waals surface area contributed by atoms with Crippen LogP contribution in [0.1, 0.15) is 25.3 Å². The summed E-state index contributed by atoms with van der Waals surface area (Å²) in [6, 6.07) is 6.87. The van der Waals surface area contributed by atoms with Crippen LogP contribution in [0.15, 0.2) is 18.2 Å². The van der Waals surface area contributed by atoms with Crippen LogP contribution in [-0.2, 0) is 0 Å². The number of nitrogen functional groups attached to an aromatic ring is 1. The van der Waals surface area contributed by atoms with Gasteiger partial charge in [-0.15, -0.1) is 0 Å². The van der Waals surface area contributed by atoms with Crippen molar-refractivity contribution in [3.8, 4) is 0 Å². The van der Waals surface area contributed by atoms with Crippen LogP contribution in [0.4, 0.5) is 11.4 Å². The molecule has 2 rings (SSSR count). The van der Waals surface area contributed by atoms with Gasteiger partial charge in [0, 0.05) is 12.6 Å². The van der Waals surface area contributed by atoms with Gasteiger partial charge in [0.05, 0.1) is 11.4 Å². The minimum absolute atomic E-state index is 0.667. The van der Waals surface area contributed by atoms with E-state index in [-0.39, 0.29) is 0 Å². The third-order valence-electron chi connectivity index (χ3n) is 3.64. The summed E-state index contributed by atoms with van der Waals surface area (Å²) in [5, 5.41) is 3.48. The molecule has 0 bridgehead atoms. The number of hydrogen-bond acceptors (Lipinski definition) is 3. The molecular weight excluding hydrogens is 210 g/mol. The van der Waals surface area contributed by atoms with Crippen molar-refractivity contribution in [3.05, 3.63) is 23.8 Å². The molecule has 3 heteroatoms. The highest BCUT2D eigenvalue weighted by Crippen LogP contribution is 2.22. The molecule has 1 aromatic rings. The quantitative estimate of drug-likeness (QED) is 0.785. The number of aryl methyl sites for hydroxylation is 1. The molecule has 0 aliphatic carbocycles. The molecule has 1 atom stereocenters. The van der Waals surface area contributed by atoms with Gasteiger partial charge in [-0.05, 0) is 50.6 Å². The van der Waals surface area contributed by atoms with Gasteiger partial charge in [-0.3, -0.25) is 4.90 Å². The first-order chi connectivity index (χ1) is 8.20. The summed E-state index contributed by atoms with van der Waals surface area (Å²) >= 11 is 0. The molecule has 0 saturated carbocycles. The average molecular weight is 233 g/mol. The summed E-state index contributed by atoms with van der Waals surface area (Å²) in [4.78, 5) is 2.54. The third-order valence-corrected chi connectivity index (χ3v) is 3.64.